The fourth-order valence-corrected chi connectivity index (χ4v) is 1.46. The number of benzene rings is 1. The van der Waals surface area contributed by atoms with E-state index in [4.69, 9.17) is 4.74 Å². The molecule has 0 aliphatic rings. The van der Waals surface area contributed by atoms with Crippen molar-refractivity contribution >= 4 is 5.69 Å². The van der Waals surface area contributed by atoms with Crippen molar-refractivity contribution in [2.24, 2.45) is 0 Å². The summed E-state index contributed by atoms with van der Waals surface area (Å²) in [5.41, 5.74) is 0.763. The first-order valence-electron chi connectivity index (χ1n) is 5.63. The van der Waals surface area contributed by atoms with E-state index >= 15 is 0 Å². The van der Waals surface area contributed by atoms with Gasteiger partial charge in [-0.25, -0.2) is 0 Å². The molecule has 0 unspecified atom stereocenters. The van der Waals surface area contributed by atoms with Crippen LogP contribution < -0.4 is 14.8 Å². The number of pyridine rings is 1. The third-order valence-electron chi connectivity index (χ3n) is 2.29. The van der Waals surface area contributed by atoms with E-state index in [2.05, 4.69) is 15.0 Å². The molecule has 0 aliphatic heterocycles. The quantitative estimate of drug-likeness (QED) is 0.927. The number of halogens is 3. The molecular weight excluding hydrogens is 273 g/mol. The Kier molecular flexibility index (Phi) is 3.97. The van der Waals surface area contributed by atoms with E-state index in [9.17, 15) is 13.2 Å². The number of nitrogens with zero attached hydrogens (tertiary/aromatic N) is 1. The Morgan fingerprint density at radius 1 is 1.00 bits per heavy atom. The van der Waals surface area contributed by atoms with Gasteiger partial charge in [-0.15, -0.1) is 13.2 Å². The molecule has 0 saturated carbocycles. The summed E-state index contributed by atoms with van der Waals surface area (Å²) in [6, 6.07) is 6.84. The molecule has 20 heavy (non-hydrogen) atoms. The SMILES string of the molecule is CNc1cncc(Oc2ccc(OC(F)(F)F)cc2)c1. The first kappa shape index (κ1) is 14.0. The van der Waals surface area contributed by atoms with Crippen LogP contribution in [0.1, 0.15) is 0 Å². The van der Waals surface area contributed by atoms with Gasteiger partial charge in [0.1, 0.15) is 17.2 Å². The number of hydrogen-bond acceptors (Lipinski definition) is 4. The highest BCUT2D eigenvalue weighted by atomic mass is 19.4. The van der Waals surface area contributed by atoms with Crippen molar-refractivity contribution in [1.29, 1.82) is 0 Å². The smallest absolute Gasteiger partial charge is 0.456 e. The van der Waals surface area contributed by atoms with Crippen molar-refractivity contribution in [3.8, 4) is 17.2 Å². The molecule has 7 heteroatoms. The van der Waals surface area contributed by atoms with Crippen LogP contribution in [0.2, 0.25) is 0 Å². The zero-order valence-electron chi connectivity index (χ0n) is 10.4. The van der Waals surface area contributed by atoms with Crippen molar-refractivity contribution in [3.05, 3.63) is 42.7 Å². The summed E-state index contributed by atoms with van der Waals surface area (Å²) in [5.74, 6) is 0.558. The lowest BCUT2D eigenvalue weighted by molar-refractivity contribution is -0.274. The average Bonchev–Trinajstić information content (AvgIpc) is 2.40. The van der Waals surface area contributed by atoms with Crippen LogP contribution in [-0.4, -0.2) is 18.4 Å². The minimum atomic E-state index is -4.70. The summed E-state index contributed by atoms with van der Waals surface area (Å²) in [5, 5.41) is 2.90. The van der Waals surface area contributed by atoms with Gasteiger partial charge >= 0.3 is 6.36 Å². The summed E-state index contributed by atoms with van der Waals surface area (Å²) in [6.45, 7) is 0. The maximum atomic E-state index is 12.0. The van der Waals surface area contributed by atoms with Crippen LogP contribution in [0.4, 0.5) is 18.9 Å². The molecule has 1 aromatic heterocycles. The van der Waals surface area contributed by atoms with Gasteiger partial charge in [-0.3, -0.25) is 4.98 Å². The van der Waals surface area contributed by atoms with Gasteiger partial charge in [0.15, 0.2) is 0 Å². The summed E-state index contributed by atoms with van der Waals surface area (Å²) in [7, 11) is 1.74. The van der Waals surface area contributed by atoms with Crippen LogP contribution in [-0.2, 0) is 0 Å². The monoisotopic (exact) mass is 284 g/mol. The molecule has 0 atom stereocenters. The molecule has 1 heterocycles. The second-order valence-corrected chi connectivity index (χ2v) is 3.78. The van der Waals surface area contributed by atoms with Crippen LogP contribution in [0.5, 0.6) is 17.2 Å². The maximum Gasteiger partial charge on any atom is 0.573 e. The van der Waals surface area contributed by atoms with E-state index < -0.39 is 6.36 Å². The number of hydrogen-bond donors (Lipinski definition) is 1. The third-order valence-corrected chi connectivity index (χ3v) is 2.29. The standard InChI is InChI=1S/C13H11F3N2O2/c1-17-9-6-12(8-18-7-9)19-10-2-4-11(5-3-10)20-13(14,15)16/h2-8,17H,1H3. The Balaban J connectivity index is 2.06. The summed E-state index contributed by atoms with van der Waals surface area (Å²) in [4.78, 5) is 3.96. The van der Waals surface area contributed by atoms with E-state index in [1.807, 2.05) is 0 Å². The third kappa shape index (κ3) is 4.04. The minimum Gasteiger partial charge on any atom is -0.456 e. The zero-order chi connectivity index (χ0) is 14.6. The van der Waals surface area contributed by atoms with Gasteiger partial charge in [-0.2, -0.15) is 0 Å². The molecule has 0 aliphatic carbocycles. The molecule has 0 fully saturated rings. The fourth-order valence-electron chi connectivity index (χ4n) is 1.46. The topological polar surface area (TPSA) is 43.4 Å². The van der Waals surface area contributed by atoms with Crippen molar-refractivity contribution in [2.45, 2.75) is 6.36 Å². The Bertz CT molecular complexity index is 571. The molecule has 106 valence electrons. The van der Waals surface area contributed by atoms with Gasteiger partial charge in [-0.1, -0.05) is 0 Å². The highest BCUT2D eigenvalue weighted by Gasteiger charge is 2.30. The van der Waals surface area contributed by atoms with Crippen LogP contribution in [0.3, 0.4) is 0 Å². The van der Waals surface area contributed by atoms with E-state index in [1.54, 1.807) is 19.3 Å². The summed E-state index contributed by atoms with van der Waals surface area (Å²) >= 11 is 0. The molecule has 0 saturated heterocycles. The Labute approximate surface area is 113 Å². The van der Waals surface area contributed by atoms with Crippen molar-refractivity contribution in [3.63, 3.8) is 0 Å². The van der Waals surface area contributed by atoms with Gasteiger partial charge in [0.05, 0.1) is 18.1 Å². The van der Waals surface area contributed by atoms with Crippen LogP contribution in [0.25, 0.3) is 0 Å². The van der Waals surface area contributed by atoms with Gasteiger partial charge in [0.2, 0.25) is 0 Å². The predicted octanol–water partition coefficient (Wildman–Crippen LogP) is 3.81. The minimum absolute atomic E-state index is 0.299. The molecule has 0 amide bonds. The molecule has 1 aromatic carbocycles. The van der Waals surface area contributed by atoms with Gasteiger partial charge in [-0.05, 0) is 24.3 Å². The first-order valence-corrected chi connectivity index (χ1v) is 5.63. The lowest BCUT2D eigenvalue weighted by atomic mass is 10.3. The van der Waals surface area contributed by atoms with Gasteiger partial charge < -0.3 is 14.8 Å². The predicted molar refractivity (Wildman–Crippen MR) is 67.0 cm³/mol. The number of rotatable bonds is 4. The van der Waals surface area contributed by atoms with Crippen LogP contribution in [0.15, 0.2) is 42.7 Å². The summed E-state index contributed by atoms with van der Waals surface area (Å²) in [6.07, 6.45) is -1.58. The van der Waals surface area contributed by atoms with E-state index in [1.165, 1.54) is 30.5 Å². The number of ether oxygens (including phenoxy) is 2. The first-order chi connectivity index (χ1) is 9.46. The zero-order valence-corrected chi connectivity index (χ0v) is 10.4. The van der Waals surface area contributed by atoms with E-state index in [-0.39, 0.29) is 5.75 Å². The molecular formula is C13H11F3N2O2. The summed E-state index contributed by atoms with van der Waals surface area (Å²) < 4.78 is 45.2. The molecule has 0 bridgehead atoms. The fraction of sp³-hybridized carbons (Fsp3) is 0.154. The van der Waals surface area contributed by atoms with Crippen LogP contribution in [0, 0.1) is 0 Å². The van der Waals surface area contributed by atoms with Gasteiger partial charge in [0, 0.05) is 13.1 Å². The normalized spacial score (nSPS) is 11.0. The van der Waals surface area contributed by atoms with Crippen LogP contribution >= 0.6 is 0 Å². The Hall–Kier alpha value is -2.44. The highest BCUT2D eigenvalue weighted by Crippen LogP contribution is 2.27. The second kappa shape index (κ2) is 5.68. The van der Waals surface area contributed by atoms with Crippen molar-refractivity contribution in [1.82, 2.24) is 4.98 Å². The lowest BCUT2D eigenvalue weighted by Gasteiger charge is -2.10. The van der Waals surface area contributed by atoms with Gasteiger partial charge in [0.25, 0.3) is 0 Å². The number of anilines is 1. The van der Waals surface area contributed by atoms with E-state index in [0.717, 1.165) is 5.69 Å². The maximum absolute atomic E-state index is 12.0. The number of nitrogens with one attached hydrogen (secondary N) is 1. The molecule has 0 radical (unpaired) electrons. The largest absolute Gasteiger partial charge is 0.573 e. The Morgan fingerprint density at radius 2 is 1.65 bits per heavy atom. The Morgan fingerprint density at radius 3 is 2.25 bits per heavy atom. The lowest BCUT2D eigenvalue weighted by Crippen LogP contribution is -2.16. The molecule has 2 rings (SSSR count). The van der Waals surface area contributed by atoms with E-state index in [0.29, 0.717) is 11.5 Å². The molecule has 4 nitrogen and oxygen atoms in total. The number of aromatic nitrogens is 1. The van der Waals surface area contributed by atoms with Crippen molar-refractivity contribution < 1.29 is 22.6 Å². The number of alkyl halides is 3. The second-order valence-electron chi connectivity index (χ2n) is 3.78. The average molecular weight is 284 g/mol. The molecule has 2 aromatic rings. The molecule has 0 spiro atoms. The van der Waals surface area contributed by atoms with Crippen molar-refractivity contribution in [2.75, 3.05) is 12.4 Å². The highest BCUT2D eigenvalue weighted by molar-refractivity contribution is 5.45. The molecule has 1 N–H and O–H groups in total.